The molecule has 0 N–H and O–H groups in total. The van der Waals surface area contributed by atoms with Crippen molar-refractivity contribution in [3.05, 3.63) is 34.1 Å². The highest BCUT2D eigenvalue weighted by Gasteiger charge is 2.33. The molecule has 0 spiro atoms. The molecule has 1 aliphatic rings. The summed E-state index contributed by atoms with van der Waals surface area (Å²) < 4.78 is 5.31. The lowest BCUT2D eigenvalue weighted by atomic mass is 10.1. The van der Waals surface area contributed by atoms with Gasteiger partial charge >= 0.3 is 0 Å². The van der Waals surface area contributed by atoms with E-state index in [0.717, 1.165) is 31.6 Å². The van der Waals surface area contributed by atoms with Crippen LogP contribution in [-0.4, -0.2) is 34.0 Å². The first-order chi connectivity index (χ1) is 10.3. The van der Waals surface area contributed by atoms with Gasteiger partial charge in [-0.15, -0.1) is 11.3 Å². The van der Waals surface area contributed by atoms with Crippen LogP contribution in [0.2, 0.25) is 0 Å². The van der Waals surface area contributed by atoms with E-state index in [0.29, 0.717) is 18.9 Å². The standard InChI is InChI=1S/C15H19N3O2S/c1-2-4-13-16-15(20-17-13)11-9-14(19)18(10-11)7-6-12-5-3-8-21-12/h3,5,8,11H,2,4,6-7,9-10H2,1H3/t11-/m1/s1. The maximum Gasteiger partial charge on any atom is 0.232 e. The lowest BCUT2D eigenvalue weighted by Gasteiger charge is -2.15. The Labute approximate surface area is 128 Å². The number of rotatable bonds is 6. The number of likely N-dealkylation sites (tertiary alicyclic amines) is 1. The third-order valence-corrected chi connectivity index (χ3v) is 4.67. The van der Waals surface area contributed by atoms with E-state index in [1.807, 2.05) is 11.0 Å². The van der Waals surface area contributed by atoms with E-state index in [1.165, 1.54) is 4.88 Å². The number of hydrogen-bond donors (Lipinski definition) is 0. The van der Waals surface area contributed by atoms with E-state index in [2.05, 4.69) is 28.5 Å². The van der Waals surface area contributed by atoms with Crippen LogP contribution in [0.4, 0.5) is 0 Å². The molecule has 0 saturated carbocycles. The van der Waals surface area contributed by atoms with Crippen LogP contribution in [0.25, 0.3) is 0 Å². The molecule has 3 rings (SSSR count). The summed E-state index contributed by atoms with van der Waals surface area (Å²) in [5.74, 6) is 1.60. The van der Waals surface area contributed by atoms with E-state index in [1.54, 1.807) is 11.3 Å². The van der Waals surface area contributed by atoms with Gasteiger partial charge in [0.25, 0.3) is 0 Å². The van der Waals surface area contributed by atoms with Gasteiger partial charge < -0.3 is 9.42 Å². The molecule has 6 heteroatoms. The van der Waals surface area contributed by atoms with Crippen LogP contribution in [0.5, 0.6) is 0 Å². The summed E-state index contributed by atoms with van der Waals surface area (Å²) in [4.78, 5) is 19.7. The maximum atomic E-state index is 12.1. The molecule has 0 aliphatic carbocycles. The molecule has 3 heterocycles. The highest BCUT2D eigenvalue weighted by atomic mass is 32.1. The molecule has 1 amide bonds. The van der Waals surface area contributed by atoms with Gasteiger partial charge in [-0.05, 0) is 24.3 Å². The zero-order valence-corrected chi connectivity index (χ0v) is 12.9. The lowest BCUT2D eigenvalue weighted by Crippen LogP contribution is -2.27. The third-order valence-electron chi connectivity index (χ3n) is 3.73. The molecule has 1 aliphatic heterocycles. The first-order valence-corrected chi connectivity index (χ1v) is 8.27. The van der Waals surface area contributed by atoms with Gasteiger partial charge in [0.2, 0.25) is 11.8 Å². The van der Waals surface area contributed by atoms with Gasteiger partial charge in [0.1, 0.15) is 0 Å². The Morgan fingerprint density at radius 2 is 2.38 bits per heavy atom. The normalized spacial score (nSPS) is 18.6. The molecule has 1 atom stereocenters. The quantitative estimate of drug-likeness (QED) is 0.823. The number of carbonyl (C=O) groups excluding carboxylic acids is 1. The summed E-state index contributed by atoms with van der Waals surface area (Å²) in [6.07, 6.45) is 3.22. The topological polar surface area (TPSA) is 59.2 Å². The van der Waals surface area contributed by atoms with E-state index >= 15 is 0 Å². The van der Waals surface area contributed by atoms with Crippen molar-refractivity contribution in [2.45, 2.75) is 38.5 Å². The fourth-order valence-electron chi connectivity index (χ4n) is 2.61. The molecule has 2 aromatic rings. The van der Waals surface area contributed by atoms with Crippen LogP contribution in [0.1, 0.15) is 42.3 Å². The first kappa shape index (κ1) is 14.3. The second-order valence-corrected chi connectivity index (χ2v) is 6.40. The molecular formula is C15H19N3O2S. The Morgan fingerprint density at radius 3 is 3.14 bits per heavy atom. The summed E-state index contributed by atoms with van der Waals surface area (Å²) in [7, 11) is 0. The molecule has 0 radical (unpaired) electrons. The minimum atomic E-state index is 0.0546. The van der Waals surface area contributed by atoms with Crippen molar-refractivity contribution in [1.29, 1.82) is 0 Å². The summed E-state index contributed by atoms with van der Waals surface area (Å²) in [5, 5.41) is 6.04. The van der Waals surface area contributed by atoms with Crippen LogP contribution in [-0.2, 0) is 17.6 Å². The smallest absolute Gasteiger partial charge is 0.232 e. The van der Waals surface area contributed by atoms with Gasteiger partial charge in [0.05, 0.1) is 5.92 Å². The third kappa shape index (κ3) is 3.32. The van der Waals surface area contributed by atoms with Gasteiger partial charge in [-0.25, -0.2) is 0 Å². The minimum Gasteiger partial charge on any atom is -0.342 e. The van der Waals surface area contributed by atoms with Crippen molar-refractivity contribution in [3.63, 3.8) is 0 Å². The largest absolute Gasteiger partial charge is 0.342 e. The lowest BCUT2D eigenvalue weighted by molar-refractivity contribution is -0.127. The highest BCUT2D eigenvalue weighted by molar-refractivity contribution is 7.09. The van der Waals surface area contributed by atoms with Crippen molar-refractivity contribution in [1.82, 2.24) is 15.0 Å². The van der Waals surface area contributed by atoms with Crippen LogP contribution in [0.3, 0.4) is 0 Å². The molecule has 0 unspecified atom stereocenters. The van der Waals surface area contributed by atoms with Crippen LogP contribution in [0, 0.1) is 0 Å². The molecule has 2 aromatic heterocycles. The molecule has 0 aromatic carbocycles. The summed E-state index contributed by atoms with van der Waals surface area (Å²) in [6, 6.07) is 4.15. The number of hydrogen-bond acceptors (Lipinski definition) is 5. The van der Waals surface area contributed by atoms with Crippen LogP contribution >= 0.6 is 11.3 Å². The second kappa shape index (κ2) is 6.39. The van der Waals surface area contributed by atoms with Crippen LogP contribution < -0.4 is 0 Å². The average Bonchev–Trinajstić information content (AvgIpc) is 3.17. The Hall–Kier alpha value is -1.69. The van der Waals surface area contributed by atoms with E-state index < -0.39 is 0 Å². The van der Waals surface area contributed by atoms with E-state index in [9.17, 15) is 4.79 Å². The average molecular weight is 305 g/mol. The fraction of sp³-hybridized carbons (Fsp3) is 0.533. The molecule has 1 saturated heterocycles. The Kier molecular flexibility index (Phi) is 4.34. The zero-order valence-electron chi connectivity index (χ0n) is 12.1. The van der Waals surface area contributed by atoms with Gasteiger partial charge in [0.15, 0.2) is 5.82 Å². The van der Waals surface area contributed by atoms with E-state index in [4.69, 9.17) is 4.52 Å². The SMILES string of the molecule is CCCc1noc([C@@H]2CC(=O)N(CCc3cccs3)C2)n1. The van der Waals surface area contributed by atoms with Crippen LogP contribution in [0.15, 0.2) is 22.0 Å². The molecule has 21 heavy (non-hydrogen) atoms. The van der Waals surface area contributed by atoms with Crippen molar-refractivity contribution in [2.75, 3.05) is 13.1 Å². The Morgan fingerprint density at radius 1 is 1.48 bits per heavy atom. The first-order valence-electron chi connectivity index (χ1n) is 7.39. The summed E-state index contributed by atoms with van der Waals surface area (Å²) in [5.41, 5.74) is 0. The molecule has 112 valence electrons. The van der Waals surface area contributed by atoms with Crippen molar-refractivity contribution in [3.8, 4) is 0 Å². The monoisotopic (exact) mass is 305 g/mol. The summed E-state index contributed by atoms with van der Waals surface area (Å²) in [6.45, 7) is 3.55. The predicted molar refractivity (Wildman–Crippen MR) is 80.3 cm³/mol. The number of thiophene rings is 1. The Bertz CT molecular complexity index is 594. The van der Waals surface area contributed by atoms with Crippen molar-refractivity contribution < 1.29 is 9.32 Å². The van der Waals surface area contributed by atoms with Crippen molar-refractivity contribution in [2.24, 2.45) is 0 Å². The fourth-order valence-corrected chi connectivity index (χ4v) is 3.31. The highest BCUT2D eigenvalue weighted by Crippen LogP contribution is 2.27. The molecular weight excluding hydrogens is 286 g/mol. The van der Waals surface area contributed by atoms with Gasteiger partial charge in [0, 0.05) is 30.8 Å². The number of aromatic nitrogens is 2. The maximum absolute atomic E-state index is 12.1. The van der Waals surface area contributed by atoms with Gasteiger partial charge in [-0.2, -0.15) is 4.98 Å². The zero-order chi connectivity index (χ0) is 14.7. The van der Waals surface area contributed by atoms with Gasteiger partial charge in [-0.1, -0.05) is 18.1 Å². The van der Waals surface area contributed by atoms with Crippen molar-refractivity contribution >= 4 is 17.2 Å². The molecule has 1 fully saturated rings. The Balaban J connectivity index is 1.58. The predicted octanol–water partition coefficient (Wildman–Crippen LogP) is 2.64. The van der Waals surface area contributed by atoms with Gasteiger partial charge in [-0.3, -0.25) is 4.79 Å². The number of carbonyl (C=O) groups is 1. The minimum absolute atomic E-state index is 0.0546. The molecule has 0 bridgehead atoms. The number of aryl methyl sites for hydroxylation is 1. The number of nitrogens with zero attached hydrogens (tertiary/aromatic N) is 3. The number of amides is 1. The van der Waals surface area contributed by atoms with E-state index in [-0.39, 0.29) is 11.8 Å². The molecule has 5 nitrogen and oxygen atoms in total. The summed E-state index contributed by atoms with van der Waals surface area (Å²) >= 11 is 1.73. The second-order valence-electron chi connectivity index (χ2n) is 5.37.